The largest absolute Gasteiger partial charge is 0.504 e. The molecule has 0 bridgehead atoms. The second kappa shape index (κ2) is 6.76. The Morgan fingerprint density at radius 2 is 1.84 bits per heavy atom. The van der Waals surface area contributed by atoms with E-state index < -0.39 is 0 Å². The predicted octanol–water partition coefficient (Wildman–Crippen LogP) is 2.59. The molecule has 0 aromatic heterocycles. The molecule has 1 aliphatic heterocycles. The summed E-state index contributed by atoms with van der Waals surface area (Å²) in [4.78, 5) is 13.1. The van der Waals surface area contributed by atoms with Crippen LogP contribution in [0.3, 0.4) is 0 Å². The van der Waals surface area contributed by atoms with Gasteiger partial charge in [-0.05, 0) is 54.4 Å². The Bertz CT molecular complexity index is 832. The summed E-state index contributed by atoms with van der Waals surface area (Å²) in [5.41, 5.74) is 1.93. The van der Waals surface area contributed by atoms with Gasteiger partial charge in [0.1, 0.15) is 12.4 Å². The summed E-state index contributed by atoms with van der Waals surface area (Å²) < 4.78 is 10.7. The normalized spacial score (nSPS) is 15.3. The van der Waals surface area contributed by atoms with E-state index in [-0.39, 0.29) is 17.3 Å². The molecule has 6 heteroatoms. The van der Waals surface area contributed by atoms with E-state index in [0.29, 0.717) is 47.0 Å². The molecule has 2 aromatic rings. The van der Waals surface area contributed by atoms with Gasteiger partial charge in [-0.3, -0.25) is 4.79 Å². The third kappa shape index (κ3) is 3.24. The lowest BCUT2D eigenvalue weighted by atomic mass is 9.93. The average Bonchev–Trinajstić information content (AvgIpc) is 3.13. The van der Waals surface area contributed by atoms with Gasteiger partial charge in [-0.2, -0.15) is 0 Å². The third-order valence-electron chi connectivity index (χ3n) is 4.03. The van der Waals surface area contributed by atoms with Crippen LogP contribution in [0.15, 0.2) is 42.3 Å². The van der Waals surface area contributed by atoms with Gasteiger partial charge >= 0.3 is 0 Å². The highest BCUT2D eigenvalue weighted by Crippen LogP contribution is 2.34. The van der Waals surface area contributed by atoms with Gasteiger partial charge in [0.15, 0.2) is 23.2 Å². The Kier molecular flexibility index (Phi) is 4.52. The Morgan fingerprint density at radius 3 is 2.44 bits per heavy atom. The van der Waals surface area contributed by atoms with Gasteiger partial charge in [0.25, 0.3) is 0 Å². The first-order valence-corrected chi connectivity index (χ1v) is 7.84. The summed E-state index contributed by atoms with van der Waals surface area (Å²) in [6.45, 7) is 2.81. The van der Waals surface area contributed by atoms with Gasteiger partial charge in [-0.25, -0.2) is 0 Å². The van der Waals surface area contributed by atoms with E-state index in [1.54, 1.807) is 38.3 Å². The number of benzene rings is 2. The molecule has 0 unspecified atom stereocenters. The number of rotatable bonds is 4. The Labute approximate surface area is 145 Å². The molecule has 3 N–H and O–H groups in total. The van der Waals surface area contributed by atoms with Gasteiger partial charge in [-0.1, -0.05) is 0 Å². The van der Waals surface area contributed by atoms with E-state index in [4.69, 9.17) is 9.47 Å². The number of Topliss-reactive ketones (excluding diaryl/α,β-unsaturated/α-hetero) is 1. The number of phenols is 2. The highest BCUT2D eigenvalue weighted by atomic mass is 16.5. The van der Waals surface area contributed by atoms with Crippen molar-refractivity contribution in [2.45, 2.75) is 6.92 Å². The summed E-state index contributed by atoms with van der Waals surface area (Å²) in [6.07, 6.45) is 0. The van der Waals surface area contributed by atoms with Gasteiger partial charge in [0, 0.05) is 5.56 Å². The minimum atomic E-state index is -0.292. The van der Waals surface area contributed by atoms with Crippen LogP contribution in [0, 0.1) is 6.92 Å². The lowest BCUT2D eigenvalue weighted by Gasteiger charge is -2.14. The zero-order valence-corrected chi connectivity index (χ0v) is 14.0. The minimum absolute atomic E-state index is 0.234. The van der Waals surface area contributed by atoms with Crippen molar-refractivity contribution in [3.8, 4) is 17.2 Å². The van der Waals surface area contributed by atoms with E-state index in [1.807, 2.05) is 0 Å². The van der Waals surface area contributed by atoms with Crippen molar-refractivity contribution in [3.63, 3.8) is 0 Å². The van der Waals surface area contributed by atoms with E-state index >= 15 is 0 Å². The summed E-state index contributed by atoms with van der Waals surface area (Å²) in [5.74, 6) is 0.246. The molecule has 25 heavy (non-hydrogen) atoms. The number of phenolic OH excluding ortho intramolecular Hbond substituents is 2. The first-order chi connectivity index (χ1) is 12.0. The maximum Gasteiger partial charge on any atom is 0.198 e. The molecular weight excluding hydrogens is 322 g/mol. The summed E-state index contributed by atoms with van der Waals surface area (Å²) in [5, 5.41) is 22.6. The van der Waals surface area contributed by atoms with Crippen molar-refractivity contribution in [1.82, 2.24) is 5.32 Å². The van der Waals surface area contributed by atoms with Crippen LogP contribution in [0.4, 0.5) is 0 Å². The van der Waals surface area contributed by atoms with Crippen molar-refractivity contribution in [1.29, 1.82) is 0 Å². The molecule has 1 fully saturated rings. The van der Waals surface area contributed by atoms with E-state index in [0.717, 1.165) is 0 Å². The highest BCUT2D eigenvalue weighted by Gasteiger charge is 2.25. The molecule has 2 aromatic carbocycles. The molecule has 0 saturated carbocycles. The fourth-order valence-electron chi connectivity index (χ4n) is 2.71. The Morgan fingerprint density at radius 1 is 1.16 bits per heavy atom. The van der Waals surface area contributed by atoms with Crippen LogP contribution in [-0.4, -0.2) is 36.3 Å². The second-order valence-corrected chi connectivity index (χ2v) is 5.69. The molecule has 0 aliphatic carbocycles. The van der Waals surface area contributed by atoms with E-state index in [2.05, 4.69) is 5.32 Å². The number of nitrogens with one attached hydrogen (secondary N) is 1. The van der Waals surface area contributed by atoms with Crippen LogP contribution in [0.2, 0.25) is 0 Å². The van der Waals surface area contributed by atoms with Crippen molar-refractivity contribution in [3.05, 3.63) is 59.0 Å². The third-order valence-corrected chi connectivity index (χ3v) is 4.03. The Balaban J connectivity index is 2.12. The SMILES string of the molecule is COc1ccc(C(=O)/C(=C2\NCCO2)c2cc(O)c(O)cc2C)cc1. The van der Waals surface area contributed by atoms with Crippen molar-refractivity contribution in [2.75, 3.05) is 20.3 Å². The number of ketones is 1. The van der Waals surface area contributed by atoms with Gasteiger partial charge < -0.3 is 25.0 Å². The maximum atomic E-state index is 13.1. The predicted molar refractivity (Wildman–Crippen MR) is 92.7 cm³/mol. The number of ether oxygens (including phenoxy) is 2. The van der Waals surface area contributed by atoms with Gasteiger partial charge in [0.05, 0.1) is 19.2 Å². The molecule has 1 aliphatic rings. The molecule has 6 nitrogen and oxygen atoms in total. The molecular formula is C19H19NO5. The van der Waals surface area contributed by atoms with Crippen molar-refractivity contribution < 1.29 is 24.5 Å². The highest BCUT2D eigenvalue weighted by molar-refractivity contribution is 6.29. The zero-order chi connectivity index (χ0) is 18.0. The van der Waals surface area contributed by atoms with Crippen molar-refractivity contribution in [2.24, 2.45) is 0 Å². The lowest BCUT2D eigenvalue weighted by molar-refractivity contribution is 0.105. The molecule has 3 rings (SSSR count). The number of hydrogen-bond donors (Lipinski definition) is 3. The average molecular weight is 341 g/mol. The van der Waals surface area contributed by atoms with Crippen LogP contribution >= 0.6 is 0 Å². The molecule has 0 amide bonds. The first-order valence-electron chi connectivity index (χ1n) is 7.84. The fraction of sp³-hybridized carbons (Fsp3) is 0.211. The van der Waals surface area contributed by atoms with E-state index in [9.17, 15) is 15.0 Å². The monoisotopic (exact) mass is 341 g/mol. The summed E-state index contributed by atoms with van der Waals surface area (Å²) in [6, 6.07) is 9.55. The topological polar surface area (TPSA) is 88.0 Å². The molecule has 130 valence electrons. The van der Waals surface area contributed by atoms with Crippen LogP contribution in [-0.2, 0) is 4.74 Å². The number of allylic oxidation sites excluding steroid dienone is 1. The number of hydrogen-bond acceptors (Lipinski definition) is 6. The van der Waals surface area contributed by atoms with Crippen molar-refractivity contribution >= 4 is 11.4 Å². The van der Waals surface area contributed by atoms with Crippen LogP contribution in [0.25, 0.3) is 5.57 Å². The summed E-state index contributed by atoms with van der Waals surface area (Å²) in [7, 11) is 1.56. The number of aryl methyl sites for hydroxylation is 1. The zero-order valence-electron chi connectivity index (χ0n) is 14.0. The number of aromatic hydroxyl groups is 2. The maximum absolute atomic E-state index is 13.1. The second-order valence-electron chi connectivity index (χ2n) is 5.69. The number of methoxy groups -OCH3 is 1. The van der Waals surface area contributed by atoms with Crippen LogP contribution in [0.5, 0.6) is 17.2 Å². The molecule has 1 saturated heterocycles. The number of carbonyl (C=O) groups is 1. The molecule has 1 heterocycles. The van der Waals surface area contributed by atoms with E-state index in [1.165, 1.54) is 12.1 Å². The van der Waals surface area contributed by atoms with Crippen LogP contribution in [0.1, 0.15) is 21.5 Å². The fourth-order valence-corrected chi connectivity index (χ4v) is 2.71. The summed E-state index contributed by atoms with van der Waals surface area (Å²) >= 11 is 0. The molecule has 0 atom stereocenters. The molecule has 0 spiro atoms. The first kappa shape index (κ1) is 16.7. The van der Waals surface area contributed by atoms with Crippen LogP contribution < -0.4 is 10.1 Å². The minimum Gasteiger partial charge on any atom is -0.504 e. The standard InChI is InChI=1S/C19H19NO5/c1-11-9-15(21)16(22)10-14(11)17(19-20-7-8-25-19)18(23)12-3-5-13(24-2)6-4-12/h3-6,9-10,20-22H,7-8H2,1-2H3/b19-17+. The lowest BCUT2D eigenvalue weighted by Crippen LogP contribution is -2.14. The molecule has 0 radical (unpaired) electrons. The number of carbonyl (C=O) groups excluding carboxylic acids is 1. The van der Waals surface area contributed by atoms with Gasteiger partial charge in [-0.15, -0.1) is 0 Å². The quantitative estimate of drug-likeness (QED) is 0.450. The Hall–Kier alpha value is -3.15. The smallest absolute Gasteiger partial charge is 0.198 e. The van der Waals surface area contributed by atoms with Gasteiger partial charge in [0.2, 0.25) is 0 Å².